The molecular formula is C16H17Cl2N5O. The van der Waals surface area contributed by atoms with Gasteiger partial charge in [0, 0.05) is 22.3 Å². The standard InChI is InChI=1S/C16H17Cl2N5O/c17-11-6-4-10(5-7-11)9-19-16(24)14-15(22-23-21-14)20-13-3-1-2-12(18)8-13/h1-8,14-15,20-23H,9H2,(H,19,24). The van der Waals surface area contributed by atoms with Gasteiger partial charge in [0.25, 0.3) is 0 Å². The van der Waals surface area contributed by atoms with E-state index in [-0.39, 0.29) is 12.1 Å². The summed E-state index contributed by atoms with van der Waals surface area (Å²) in [5.41, 5.74) is 10.4. The van der Waals surface area contributed by atoms with E-state index in [9.17, 15) is 4.79 Å². The second kappa shape index (κ2) is 7.83. The van der Waals surface area contributed by atoms with Crippen molar-refractivity contribution < 1.29 is 4.79 Å². The third kappa shape index (κ3) is 4.37. The highest BCUT2D eigenvalue weighted by molar-refractivity contribution is 6.31. The summed E-state index contributed by atoms with van der Waals surface area (Å²) in [5, 5.41) is 7.41. The summed E-state index contributed by atoms with van der Waals surface area (Å²) < 4.78 is 0. The molecule has 1 amide bonds. The monoisotopic (exact) mass is 365 g/mol. The van der Waals surface area contributed by atoms with Gasteiger partial charge in [0.2, 0.25) is 5.91 Å². The zero-order chi connectivity index (χ0) is 16.9. The van der Waals surface area contributed by atoms with Gasteiger partial charge in [-0.2, -0.15) is 5.53 Å². The lowest BCUT2D eigenvalue weighted by Gasteiger charge is -2.20. The summed E-state index contributed by atoms with van der Waals surface area (Å²) in [4.78, 5) is 12.4. The molecule has 0 spiro atoms. The maximum absolute atomic E-state index is 12.4. The van der Waals surface area contributed by atoms with Crippen LogP contribution in [0.4, 0.5) is 5.69 Å². The van der Waals surface area contributed by atoms with Gasteiger partial charge in [0.1, 0.15) is 12.2 Å². The summed E-state index contributed by atoms with van der Waals surface area (Å²) in [6.45, 7) is 0.429. The molecule has 1 aliphatic heterocycles. The van der Waals surface area contributed by atoms with Gasteiger partial charge in [0.05, 0.1) is 0 Å². The van der Waals surface area contributed by atoms with Crippen LogP contribution in [-0.2, 0) is 11.3 Å². The maximum Gasteiger partial charge on any atom is 0.242 e. The Morgan fingerprint density at radius 1 is 1.04 bits per heavy atom. The van der Waals surface area contributed by atoms with Crippen LogP contribution in [-0.4, -0.2) is 18.1 Å². The molecule has 3 rings (SSSR count). The van der Waals surface area contributed by atoms with Crippen molar-refractivity contribution in [3.8, 4) is 0 Å². The van der Waals surface area contributed by atoms with E-state index >= 15 is 0 Å². The van der Waals surface area contributed by atoms with E-state index in [1.54, 1.807) is 24.3 Å². The van der Waals surface area contributed by atoms with Crippen molar-refractivity contribution in [2.45, 2.75) is 18.8 Å². The van der Waals surface area contributed by atoms with Crippen LogP contribution in [0.15, 0.2) is 48.5 Å². The number of hydrogen-bond donors (Lipinski definition) is 5. The van der Waals surface area contributed by atoms with Gasteiger partial charge in [-0.25, -0.2) is 10.9 Å². The molecule has 1 saturated heterocycles. The first-order valence-electron chi connectivity index (χ1n) is 7.42. The Kier molecular flexibility index (Phi) is 5.55. The number of benzene rings is 2. The summed E-state index contributed by atoms with van der Waals surface area (Å²) in [6, 6.07) is 14.2. The van der Waals surface area contributed by atoms with Crippen molar-refractivity contribution in [2.24, 2.45) is 0 Å². The number of halogens is 2. The smallest absolute Gasteiger partial charge is 0.242 e. The van der Waals surface area contributed by atoms with Gasteiger partial charge in [-0.1, -0.05) is 41.4 Å². The minimum Gasteiger partial charge on any atom is -0.367 e. The zero-order valence-electron chi connectivity index (χ0n) is 12.6. The number of hydrogen-bond acceptors (Lipinski definition) is 5. The summed E-state index contributed by atoms with van der Waals surface area (Å²) in [6.07, 6.45) is -0.325. The van der Waals surface area contributed by atoms with Crippen molar-refractivity contribution in [2.75, 3.05) is 5.32 Å². The number of hydrazine groups is 2. The molecule has 1 aliphatic rings. The highest BCUT2D eigenvalue weighted by Gasteiger charge is 2.32. The third-order valence-corrected chi connectivity index (χ3v) is 4.09. The van der Waals surface area contributed by atoms with Crippen LogP contribution in [0, 0.1) is 0 Å². The van der Waals surface area contributed by atoms with E-state index in [4.69, 9.17) is 23.2 Å². The molecule has 2 aromatic carbocycles. The van der Waals surface area contributed by atoms with Crippen LogP contribution in [0.3, 0.4) is 0 Å². The van der Waals surface area contributed by atoms with E-state index < -0.39 is 6.04 Å². The molecule has 0 saturated carbocycles. The molecule has 5 N–H and O–H groups in total. The Labute approximate surface area is 149 Å². The minimum atomic E-state index is -0.490. The molecule has 8 heteroatoms. The molecule has 0 bridgehead atoms. The first-order valence-corrected chi connectivity index (χ1v) is 8.18. The summed E-state index contributed by atoms with van der Waals surface area (Å²) in [7, 11) is 0. The van der Waals surface area contributed by atoms with Gasteiger partial charge in [-0.3, -0.25) is 4.79 Å². The number of nitrogens with one attached hydrogen (secondary N) is 5. The lowest BCUT2D eigenvalue weighted by Crippen LogP contribution is -2.50. The molecule has 1 fully saturated rings. The molecule has 0 aromatic heterocycles. The van der Waals surface area contributed by atoms with Crippen LogP contribution in [0.1, 0.15) is 5.56 Å². The van der Waals surface area contributed by atoms with Crippen molar-refractivity contribution >= 4 is 34.8 Å². The average molecular weight is 366 g/mol. The average Bonchev–Trinajstić information content (AvgIpc) is 3.02. The molecule has 2 atom stereocenters. The predicted octanol–water partition coefficient (Wildman–Crippen LogP) is 2.03. The molecular weight excluding hydrogens is 349 g/mol. The molecule has 24 heavy (non-hydrogen) atoms. The predicted molar refractivity (Wildman–Crippen MR) is 95.4 cm³/mol. The normalized spacial score (nSPS) is 19.9. The minimum absolute atomic E-state index is 0.137. The third-order valence-electron chi connectivity index (χ3n) is 3.60. The van der Waals surface area contributed by atoms with Gasteiger partial charge in [-0.05, 0) is 35.9 Å². The fourth-order valence-electron chi connectivity index (χ4n) is 2.36. The highest BCUT2D eigenvalue weighted by Crippen LogP contribution is 2.16. The fourth-order valence-corrected chi connectivity index (χ4v) is 2.68. The van der Waals surface area contributed by atoms with Gasteiger partial charge in [-0.15, -0.1) is 0 Å². The topological polar surface area (TPSA) is 77.2 Å². The number of rotatable bonds is 5. The summed E-state index contributed by atoms with van der Waals surface area (Å²) in [5.74, 6) is -0.137. The number of amides is 1. The molecule has 6 nitrogen and oxygen atoms in total. The largest absolute Gasteiger partial charge is 0.367 e. The summed E-state index contributed by atoms with van der Waals surface area (Å²) >= 11 is 11.8. The zero-order valence-corrected chi connectivity index (χ0v) is 14.2. The lowest BCUT2D eigenvalue weighted by atomic mass is 10.2. The van der Waals surface area contributed by atoms with Crippen LogP contribution in [0.25, 0.3) is 0 Å². The van der Waals surface area contributed by atoms with Gasteiger partial charge in [0.15, 0.2) is 0 Å². The Hall–Kier alpha value is -1.83. The van der Waals surface area contributed by atoms with Crippen molar-refractivity contribution in [3.63, 3.8) is 0 Å². The fraction of sp³-hybridized carbons (Fsp3) is 0.188. The maximum atomic E-state index is 12.4. The SMILES string of the molecule is O=C(NCc1ccc(Cl)cc1)C1NNNC1Nc1cccc(Cl)c1. The van der Waals surface area contributed by atoms with E-state index in [0.717, 1.165) is 11.3 Å². The van der Waals surface area contributed by atoms with E-state index in [2.05, 4.69) is 27.0 Å². The van der Waals surface area contributed by atoms with Crippen molar-refractivity contribution in [1.82, 2.24) is 21.7 Å². The highest BCUT2D eigenvalue weighted by atomic mass is 35.5. The second-order valence-electron chi connectivity index (χ2n) is 5.37. The van der Waals surface area contributed by atoms with Crippen LogP contribution in [0.2, 0.25) is 10.0 Å². The van der Waals surface area contributed by atoms with E-state index in [0.29, 0.717) is 16.6 Å². The number of anilines is 1. The molecule has 2 aromatic rings. The Balaban J connectivity index is 1.58. The Morgan fingerprint density at radius 3 is 2.58 bits per heavy atom. The molecule has 0 aliphatic carbocycles. The number of carbonyl (C=O) groups excluding carboxylic acids is 1. The van der Waals surface area contributed by atoms with E-state index in [1.165, 1.54) is 0 Å². The van der Waals surface area contributed by atoms with Crippen molar-refractivity contribution in [1.29, 1.82) is 0 Å². The van der Waals surface area contributed by atoms with Crippen LogP contribution < -0.4 is 27.0 Å². The number of carbonyl (C=O) groups is 1. The Bertz CT molecular complexity index is 710. The first kappa shape index (κ1) is 17.0. The van der Waals surface area contributed by atoms with Gasteiger partial charge < -0.3 is 10.6 Å². The molecule has 126 valence electrons. The van der Waals surface area contributed by atoms with Crippen LogP contribution >= 0.6 is 23.2 Å². The molecule has 2 unspecified atom stereocenters. The molecule has 0 radical (unpaired) electrons. The van der Waals surface area contributed by atoms with Crippen molar-refractivity contribution in [3.05, 3.63) is 64.1 Å². The second-order valence-corrected chi connectivity index (χ2v) is 6.24. The lowest BCUT2D eigenvalue weighted by molar-refractivity contribution is -0.123. The van der Waals surface area contributed by atoms with E-state index in [1.807, 2.05) is 24.3 Å². The molecule has 1 heterocycles. The Morgan fingerprint density at radius 2 is 1.83 bits per heavy atom. The first-order chi connectivity index (χ1) is 11.6. The van der Waals surface area contributed by atoms with Gasteiger partial charge >= 0.3 is 0 Å². The quantitative estimate of drug-likeness (QED) is 0.560. The van der Waals surface area contributed by atoms with Crippen LogP contribution in [0.5, 0.6) is 0 Å².